The first kappa shape index (κ1) is 18.8. The number of carbonyl (C=O) groups excluding carboxylic acids is 3. The van der Waals surface area contributed by atoms with Crippen LogP contribution < -0.4 is 9.47 Å². The average molecular weight is 378 g/mol. The molecule has 3 aromatic rings. The summed E-state index contributed by atoms with van der Waals surface area (Å²) in [4.78, 5) is 40.4. The molecule has 0 aromatic heterocycles. The van der Waals surface area contributed by atoms with Crippen LogP contribution in [-0.4, -0.2) is 23.2 Å². The van der Waals surface area contributed by atoms with Crippen LogP contribution in [-0.2, 0) is 4.89 Å². The number of ether oxygens (including phenoxy) is 2. The molecule has 0 aliphatic heterocycles. The van der Waals surface area contributed by atoms with E-state index < -0.39 is 17.9 Å². The highest BCUT2D eigenvalue weighted by atomic mass is 17.1. The zero-order valence-electron chi connectivity index (χ0n) is 14.4. The third-order valence-corrected chi connectivity index (χ3v) is 3.74. The van der Waals surface area contributed by atoms with Crippen molar-refractivity contribution in [3.05, 3.63) is 95.6 Å². The van der Waals surface area contributed by atoms with Crippen molar-refractivity contribution in [2.75, 3.05) is 0 Å². The minimum Gasteiger partial charge on any atom is -0.395 e. The predicted molar refractivity (Wildman–Crippen MR) is 97.5 cm³/mol. The molecule has 1 N–H and O–H groups in total. The number of benzene rings is 3. The highest BCUT2D eigenvalue weighted by Gasteiger charge is 2.23. The Hall–Kier alpha value is -3.97. The fraction of sp³-hybridized carbons (Fsp3) is 0. The van der Waals surface area contributed by atoms with Crippen LogP contribution in [0.1, 0.15) is 26.3 Å². The van der Waals surface area contributed by atoms with Crippen LogP contribution in [0.25, 0.3) is 0 Å². The van der Waals surface area contributed by atoms with E-state index in [0.29, 0.717) is 0 Å². The van der Waals surface area contributed by atoms with Gasteiger partial charge >= 0.3 is 12.1 Å². The van der Waals surface area contributed by atoms with Crippen LogP contribution in [0.15, 0.2) is 78.9 Å². The van der Waals surface area contributed by atoms with Gasteiger partial charge in [-0.1, -0.05) is 48.5 Å². The van der Waals surface area contributed by atoms with Crippen molar-refractivity contribution in [2.24, 2.45) is 0 Å². The minimum absolute atomic E-state index is 0.0194. The maximum Gasteiger partial charge on any atom is 0.519 e. The molecule has 7 nitrogen and oxygen atoms in total. The van der Waals surface area contributed by atoms with Gasteiger partial charge in [-0.25, -0.2) is 9.59 Å². The van der Waals surface area contributed by atoms with Crippen LogP contribution in [0.2, 0.25) is 0 Å². The van der Waals surface area contributed by atoms with E-state index in [2.05, 4.69) is 4.89 Å². The summed E-state index contributed by atoms with van der Waals surface area (Å²) in [6.07, 6.45) is -1.02. The van der Waals surface area contributed by atoms with Crippen LogP contribution in [0.4, 0.5) is 4.79 Å². The predicted octanol–water partition coefficient (Wildman–Crippen LogP) is 4.13. The second kappa shape index (κ2) is 8.61. The van der Waals surface area contributed by atoms with E-state index in [-0.39, 0.29) is 28.2 Å². The lowest BCUT2D eigenvalue weighted by atomic mass is 9.98. The minimum atomic E-state index is -1.08. The molecule has 0 saturated heterocycles. The monoisotopic (exact) mass is 378 g/mol. The van der Waals surface area contributed by atoms with E-state index in [4.69, 9.17) is 14.7 Å². The van der Waals surface area contributed by atoms with E-state index in [9.17, 15) is 14.4 Å². The summed E-state index contributed by atoms with van der Waals surface area (Å²) in [7, 11) is 0. The third-order valence-electron chi connectivity index (χ3n) is 3.74. The van der Waals surface area contributed by atoms with Gasteiger partial charge in [-0.3, -0.25) is 9.68 Å². The molecule has 7 heteroatoms. The summed E-state index contributed by atoms with van der Waals surface area (Å²) in [5.41, 5.74) is -0.114. The molecule has 0 amide bonds. The SMILES string of the molecule is O=C(Oc1ccccc1)Oc1ccccc1C(=O)c1ccccc1C(=O)OO. The van der Waals surface area contributed by atoms with Crippen LogP contribution in [0.5, 0.6) is 11.5 Å². The van der Waals surface area contributed by atoms with E-state index >= 15 is 0 Å². The first-order chi connectivity index (χ1) is 13.6. The van der Waals surface area contributed by atoms with Gasteiger partial charge in [-0.15, -0.1) is 0 Å². The second-order valence-corrected chi connectivity index (χ2v) is 5.52. The van der Waals surface area contributed by atoms with Crippen molar-refractivity contribution in [1.29, 1.82) is 0 Å². The molecule has 3 aromatic carbocycles. The molecule has 0 aliphatic rings. The largest absolute Gasteiger partial charge is 0.519 e. The van der Waals surface area contributed by atoms with Gasteiger partial charge in [-0.05, 0) is 30.3 Å². The average Bonchev–Trinajstić information content (AvgIpc) is 2.73. The molecule has 0 aliphatic carbocycles. The molecule has 0 radical (unpaired) electrons. The smallest absolute Gasteiger partial charge is 0.395 e. The maximum absolute atomic E-state index is 12.9. The van der Waals surface area contributed by atoms with Crippen LogP contribution in [0.3, 0.4) is 0 Å². The molecule has 0 saturated carbocycles. The molecule has 0 unspecified atom stereocenters. The number of ketones is 1. The molecule has 140 valence electrons. The molecule has 0 fully saturated rings. The van der Waals surface area contributed by atoms with Gasteiger partial charge in [0.2, 0.25) is 0 Å². The Bertz CT molecular complexity index is 1010. The van der Waals surface area contributed by atoms with Gasteiger partial charge in [0.25, 0.3) is 0 Å². The first-order valence-electron chi connectivity index (χ1n) is 8.13. The maximum atomic E-state index is 12.9. The Labute approximate surface area is 159 Å². The van der Waals surface area contributed by atoms with E-state index in [1.165, 1.54) is 30.3 Å². The molecule has 28 heavy (non-hydrogen) atoms. The number of carbonyl (C=O) groups is 3. The summed E-state index contributed by atoms with van der Waals surface area (Å²) in [6, 6.07) is 20.1. The Morgan fingerprint density at radius 2 is 1.21 bits per heavy atom. The van der Waals surface area contributed by atoms with Crippen molar-refractivity contribution < 1.29 is 34.0 Å². The molecule has 0 heterocycles. The summed E-state index contributed by atoms with van der Waals surface area (Å²) in [5, 5.41) is 8.63. The molecular formula is C21H14O7. The Balaban J connectivity index is 1.87. The van der Waals surface area contributed by atoms with E-state index in [1.54, 1.807) is 48.5 Å². The molecular weight excluding hydrogens is 364 g/mol. The summed E-state index contributed by atoms with van der Waals surface area (Å²) in [5.74, 6) is -1.43. The third kappa shape index (κ3) is 4.22. The highest BCUT2D eigenvalue weighted by molar-refractivity contribution is 6.15. The first-order valence-corrected chi connectivity index (χ1v) is 8.13. The fourth-order valence-electron chi connectivity index (χ4n) is 2.49. The standard InChI is InChI=1S/C21H14O7/c22-19(15-10-4-5-11-16(15)20(23)28-25)17-12-6-7-13-18(17)27-21(24)26-14-8-2-1-3-9-14/h1-13,25H. The lowest BCUT2D eigenvalue weighted by Gasteiger charge is -2.11. The number of rotatable bonds is 5. The lowest BCUT2D eigenvalue weighted by Crippen LogP contribution is -2.17. The Morgan fingerprint density at radius 1 is 0.643 bits per heavy atom. The summed E-state index contributed by atoms with van der Waals surface area (Å²) in [6.45, 7) is 0. The van der Waals surface area contributed by atoms with E-state index in [0.717, 1.165) is 0 Å². The summed E-state index contributed by atoms with van der Waals surface area (Å²) >= 11 is 0. The zero-order chi connectivity index (χ0) is 19.9. The topological polar surface area (TPSA) is 99.1 Å². The zero-order valence-corrected chi connectivity index (χ0v) is 14.4. The van der Waals surface area contributed by atoms with E-state index in [1.807, 2.05) is 0 Å². The lowest BCUT2D eigenvalue weighted by molar-refractivity contribution is -0.182. The summed E-state index contributed by atoms with van der Waals surface area (Å²) < 4.78 is 10.2. The number of hydrogen-bond donors (Lipinski definition) is 1. The van der Waals surface area contributed by atoms with Gasteiger partial charge in [0, 0.05) is 5.56 Å². The van der Waals surface area contributed by atoms with Crippen molar-refractivity contribution in [3.63, 3.8) is 0 Å². The van der Waals surface area contributed by atoms with Gasteiger partial charge in [-0.2, -0.15) is 5.26 Å². The Kier molecular flexibility index (Phi) is 5.78. The van der Waals surface area contributed by atoms with Crippen LogP contribution in [0, 0.1) is 0 Å². The van der Waals surface area contributed by atoms with Crippen molar-refractivity contribution in [3.8, 4) is 11.5 Å². The molecule has 3 rings (SSSR count). The van der Waals surface area contributed by atoms with Crippen molar-refractivity contribution in [1.82, 2.24) is 0 Å². The Morgan fingerprint density at radius 3 is 1.89 bits per heavy atom. The molecule has 0 spiro atoms. The number of para-hydroxylation sites is 2. The number of hydrogen-bond acceptors (Lipinski definition) is 7. The van der Waals surface area contributed by atoms with Crippen molar-refractivity contribution >= 4 is 17.9 Å². The fourth-order valence-corrected chi connectivity index (χ4v) is 2.49. The van der Waals surface area contributed by atoms with Gasteiger partial charge < -0.3 is 9.47 Å². The normalized spacial score (nSPS) is 10.0. The second-order valence-electron chi connectivity index (χ2n) is 5.52. The van der Waals surface area contributed by atoms with Crippen LogP contribution >= 0.6 is 0 Å². The quantitative estimate of drug-likeness (QED) is 0.234. The van der Waals surface area contributed by atoms with Gasteiger partial charge in [0.1, 0.15) is 11.5 Å². The van der Waals surface area contributed by atoms with Gasteiger partial charge in [0.15, 0.2) is 5.78 Å². The van der Waals surface area contributed by atoms with Gasteiger partial charge in [0.05, 0.1) is 11.1 Å². The molecule has 0 atom stereocenters. The molecule has 0 bridgehead atoms. The highest BCUT2D eigenvalue weighted by Crippen LogP contribution is 2.24. The van der Waals surface area contributed by atoms with Crippen molar-refractivity contribution in [2.45, 2.75) is 0 Å².